The number of nitrogens with zero attached hydrogens (tertiary/aromatic N) is 2. The van der Waals surface area contributed by atoms with Gasteiger partial charge in [0.15, 0.2) is 0 Å². The summed E-state index contributed by atoms with van der Waals surface area (Å²) in [5, 5.41) is -0.206. The van der Waals surface area contributed by atoms with E-state index in [9.17, 15) is 14.4 Å². The Labute approximate surface area is 237 Å². The summed E-state index contributed by atoms with van der Waals surface area (Å²) in [6.07, 6.45) is 0. The van der Waals surface area contributed by atoms with Gasteiger partial charge in [0.1, 0.15) is 11.8 Å². The Kier molecular flexibility index (Phi) is 6.84. The van der Waals surface area contributed by atoms with Gasteiger partial charge in [-0.1, -0.05) is 76.2 Å². The van der Waals surface area contributed by atoms with E-state index in [1.54, 1.807) is 42.5 Å². The summed E-state index contributed by atoms with van der Waals surface area (Å²) in [4.78, 5) is 43.1. The van der Waals surface area contributed by atoms with Crippen molar-refractivity contribution in [2.75, 3.05) is 11.5 Å². The Morgan fingerprint density at radius 1 is 0.757 bits per heavy atom. The average Bonchev–Trinajstić information content (AvgIpc) is 3.13. The summed E-state index contributed by atoms with van der Waals surface area (Å²) in [7, 11) is 0. The second-order valence-corrected chi connectivity index (χ2v) is 10.4. The Bertz CT molecular complexity index is 1440. The van der Waals surface area contributed by atoms with E-state index in [1.807, 2.05) is 13.8 Å². The Hall–Kier alpha value is -2.48. The molecule has 2 aliphatic heterocycles. The first-order valence-electron chi connectivity index (χ1n) is 11.1. The van der Waals surface area contributed by atoms with Crippen LogP contribution >= 0.6 is 58.0 Å². The smallest absolute Gasteiger partial charge is 0.264 e. The third-order valence-corrected chi connectivity index (χ3v) is 8.65. The molecule has 0 radical (unpaired) electrons. The van der Waals surface area contributed by atoms with Crippen LogP contribution in [-0.4, -0.2) is 35.3 Å². The molecule has 0 N–H and O–H groups in total. The third-order valence-electron chi connectivity index (χ3n) is 6.44. The zero-order valence-corrected chi connectivity index (χ0v) is 23.1. The van der Waals surface area contributed by atoms with Crippen molar-refractivity contribution in [3.05, 3.63) is 89.8 Å². The molecule has 2 atom stereocenters. The molecule has 0 bridgehead atoms. The normalized spacial score (nSPS) is 18.8. The van der Waals surface area contributed by atoms with Crippen LogP contribution in [0.5, 0.6) is 5.75 Å². The molecule has 5 rings (SSSR count). The zero-order chi connectivity index (χ0) is 26.8. The minimum absolute atomic E-state index is 0.144. The Morgan fingerprint density at radius 3 is 1.84 bits per heavy atom. The van der Waals surface area contributed by atoms with Gasteiger partial charge in [0.25, 0.3) is 17.7 Å². The lowest BCUT2D eigenvalue weighted by Gasteiger charge is -2.49. The average molecular weight is 599 g/mol. The fourth-order valence-corrected chi connectivity index (χ4v) is 5.81. The molecule has 190 valence electrons. The molecule has 3 aromatic rings. The second-order valence-electron chi connectivity index (χ2n) is 8.52. The number of carbonyl (C=O) groups excluding carboxylic acids is 3. The summed E-state index contributed by atoms with van der Waals surface area (Å²) in [6.45, 7) is 4.20. The SMILES string of the molecule is CCOc1ccc([C@H]2[C@@H](N3C(=O)c4c(Cl)c(Cl)c(Cl)c(Cl)c4C3=O)C(=O)N2c2ccc(C)c(Cl)c2)cc1. The Balaban J connectivity index is 1.62. The molecular weight excluding hydrogens is 582 g/mol. The van der Waals surface area contributed by atoms with E-state index in [4.69, 9.17) is 62.7 Å². The fourth-order valence-electron chi connectivity index (χ4n) is 4.62. The van der Waals surface area contributed by atoms with Gasteiger partial charge in [0.05, 0.1) is 43.9 Å². The van der Waals surface area contributed by atoms with Gasteiger partial charge in [0.2, 0.25) is 0 Å². The summed E-state index contributed by atoms with van der Waals surface area (Å²) >= 11 is 31.2. The van der Waals surface area contributed by atoms with Crippen LogP contribution in [0.1, 0.15) is 44.8 Å². The molecule has 0 unspecified atom stereocenters. The summed E-state index contributed by atoms with van der Waals surface area (Å²) in [6, 6.07) is 10.4. The molecule has 0 aromatic heterocycles. The number of amides is 3. The van der Waals surface area contributed by atoms with Crippen LogP contribution in [0.15, 0.2) is 42.5 Å². The van der Waals surface area contributed by atoms with E-state index >= 15 is 0 Å². The Morgan fingerprint density at radius 2 is 1.32 bits per heavy atom. The lowest BCUT2D eigenvalue weighted by atomic mass is 9.86. The molecule has 0 spiro atoms. The maximum Gasteiger partial charge on any atom is 0.264 e. The van der Waals surface area contributed by atoms with Crippen LogP contribution in [-0.2, 0) is 4.79 Å². The van der Waals surface area contributed by atoms with Crippen LogP contribution in [0, 0.1) is 6.92 Å². The van der Waals surface area contributed by atoms with Gasteiger partial charge < -0.3 is 9.64 Å². The van der Waals surface area contributed by atoms with Gasteiger partial charge in [-0.25, -0.2) is 0 Å². The molecule has 3 amide bonds. The second kappa shape index (κ2) is 9.68. The van der Waals surface area contributed by atoms with E-state index < -0.39 is 29.8 Å². The minimum Gasteiger partial charge on any atom is -0.494 e. The van der Waals surface area contributed by atoms with Crippen LogP contribution in [0.2, 0.25) is 25.1 Å². The van der Waals surface area contributed by atoms with Crippen molar-refractivity contribution >= 4 is 81.4 Å². The molecule has 37 heavy (non-hydrogen) atoms. The highest BCUT2D eigenvalue weighted by Gasteiger charge is 2.58. The van der Waals surface area contributed by atoms with E-state index in [1.165, 1.54) is 4.90 Å². The molecular formula is C26H17Cl5N2O4. The quantitative estimate of drug-likeness (QED) is 0.133. The number of halogens is 5. The van der Waals surface area contributed by atoms with Crippen molar-refractivity contribution in [2.45, 2.75) is 25.9 Å². The van der Waals surface area contributed by atoms with Crippen LogP contribution < -0.4 is 9.64 Å². The maximum atomic E-state index is 13.6. The number of aryl methyl sites for hydroxylation is 1. The first-order chi connectivity index (χ1) is 17.6. The van der Waals surface area contributed by atoms with Gasteiger partial charge in [-0.3, -0.25) is 19.3 Å². The molecule has 0 saturated carbocycles. The number of hydrogen-bond acceptors (Lipinski definition) is 4. The van der Waals surface area contributed by atoms with Crippen molar-refractivity contribution < 1.29 is 19.1 Å². The highest BCUT2D eigenvalue weighted by molar-refractivity contribution is 6.55. The predicted octanol–water partition coefficient (Wildman–Crippen LogP) is 7.41. The lowest BCUT2D eigenvalue weighted by Crippen LogP contribution is -2.67. The highest BCUT2D eigenvalue weighted by Crippen LogP contribution is 2.49. The number of anilines is 1. The van der Waals surface area contributed by atoms with E-state index in [2.05, 4.69) is 0 Å². The predicted molar refractivity (Wildman–Crippen MR) is 145 cm³/mol. The van der Waals surface area contributed by atoms with Crippen molar-refractivity contribution in [2.24, 2.45) is 0 Å². The molecule has 1 fully saturated rings. The van der Waals surface area contributed by atoms with Crippen molar-refractivity contribution in [1.82, 2.24) is 4.90 Å². The summed E-state index contributed by atoms with van der Waals surface area (Å²) in [5.74, 6) is -1.39. The van der Waals surface area contributed by atoms with Crippen molar-refractivity contribution in [3.8, 4) is 5.75 Å². The first kappa shape index (κ1) is 26.1. The number of hydrogen-bond donors (Lipinski definition) is 0. The number of rotatable bonds is 5. The molecule has 2 aliphatic rings. The molecule has 0 aliphatic carbocycles. The monoisotopic (exact) mass is 596 g/mol. The largest absolute Gasteiger partial charge is 0.494 e. The molecule has 2 heterocycles. The molecule has 1 saturated heterocycles. The van der Waals surface area contributed by atoms with E-state index in [0.717, 1.165) is 10.5 Å². The van der Waals surface area contributed by atoms with Crippen LogP contribution in [0.4, 0.5) is 5.69 Å². The number of fused-ring (bicyclic) bond motifs is 1. The summed E-state index contributed by atoms with van der Waals surface area (Å²) < 4.78 is 5.53. The number of benzene rings is 3. The molecule has 3 aromatic carbocycles. The topological polar surface area (TPSA) is 66.9 Å². The number of ether oxygens (including phenoxy) is 1. The highest BCUT2D eigenvalue weighted by atomic mass is 35.5. The standard InChI is InChI=1S/C26H17Cl5N2O4/c1-3-37-14-8-5-12(6-9-14)22-23(26(36)32(22)13-7-4-11(2)15(27)10-13)33-24(34)16-17(25(33)35)19(29)21(31)20(30)18(16)28/h4-10,22-23H,3H2,1-2H3/t22-,23+/m0/s1. The van der Waals surface area contributed by atoms with Crippen LogP contribution in [0.25, 0.3) is 0 Å². The number of imide groups is 1. The van der Waals surface area contributed by atoms with Crippen molar-refractivity contribution in [3.63, 3.8) is 0 Å². The summed E-state index contributed by atoms with van der Waals surface area (Å²) in [5.41, 5.74) is 1.68. The van der Waals surface area contributed by atoms with Gasteiger partial charge in [-0.05, 0) is 49.2 Å². The molecule has 11 heteroatoms. The zero-order valence-electron chi connectivity index (χ0n) is 19.3. The fraction of sp³-hybridized carbons (Fsp3) is 0.192. The number of carbonyl (C=O) groups is 3. The molecule has 6 nitrogen and oxygen atoms in total. The van der Waals surface area contributed by atoms with Gasteiger partial charge in [-0.2, -0.15) is 0 Å². The van der Waals surface area contributed by atoms with Gasteiger partial charge in [-0.15, -0.1) is 0 Å². The van der Waals surface area contributed by atoms with Crippen molar-refractivity contribution in [1.29, 1.82) is 0 Å². The van der Waals surface area contributed by atoms with E-state index in [0.29, 0.717) is 28.6 Å². The number of β-lactam (4-membered cyclic amide) rings is 1. The first-order valence-corrected chi connectivity index (χ1v) is 13.0. The minimum atomic E-state index is -1.17. The van der Waals surface area contributed by atoms with Gasteiger partial charge in [0, 0.05) is 10.7 Å². The lowest BCUT2D eigenvalue weighted by molar-refractivity contribution is -0.130. The van der Waals surface area contributed by atoms with Gasteiger partial charge >= 0.3 is 0 Å². The maximum absolute atomic E-state index is 13.6. The van der Waals surface area contributed by atoms with E-state index in [-0.39, 0.29) is 31.2 Å². The third kappa shape index (κ3) is 3.98. The van der Waals surface area contributed by atoms with Crippen LogP contribution in [0.3, 0.4) is 0 Å².